The van der Waals surface area contributed by atoms with Gasteiger partial charge >= 0.3 is 21.1 Å². The Morgan fingerprint density at radius 3 is 0.710 bits per heavy atom. The molecular formula is C49H76Mo2N5O6-. The smallest absolute Gasteiger partial charge is 0.687 e. The van der Waals surface area contributed by atoms with Crippen LogP contribution in [0.2, 0.25) is 0 Å². The molecule has 13 heteroatoms. The van der Waals surface area contributed by atoms with Crippen LogP contribution in [0.15, 0.2) is 156 Å². The number of aliphatic hydroxyl groups excluding tert-OH is 6. The molecule has 8 N–H and O–H groups in total. The van der Waals surface area contributed by atoms with Gasteiger partial charge in [0.15, 0.2) is 0 Å². The second-order valence-electron chi connectivity index (χ2n) is 14.1. The van der Waals surface area contributed by atoms with Gasteiger partial charge in [0, 0.05) is 57.7 Å². The number of hydrogen-bond donors (Lipinski definition) is 6. The fourth-order valence-electron chi connectivity index (χ4n) is 3.35. The molecule has 1 aliphatic heterocycles. The monoisotopic (exact) mass is 1030 g/mol. The summed E-state index contributed by atoms with van der Waals surface area (Å²) in [6, 6.07) is 39.1. The molecule has 0 aliphatic carbocycles. The molecule has 11 nitrogen and oxygen atoms in total. The van der Waals surface area contributed by atoms with Crippen LogP contribution in [0.25, 0.3) is 17.0 Å². The standard InChI is InChI=1S/2C13H11N2.C5H6N.6C3H8O.2Mo/c2*14-15-13(11-7-3-1-4-8-11)12-9-5-2-6-10-12;1-2-4-6-5-3-1;6*1-3(2)4;;/h2*1-10,14H;1-4H,5H2;6*3-4H,1-2H3;;/q3*-1;;;;;;;;+2. The van der Waals surface area contributed by atoms with Crippen LogP contribution < -0.4 is 0 Å². The first kappa shape index (κ1) is 69.9. The number of nitrogens with one attached hydrogen (secondary N) is 2. The molecule has 4 aromatic rings. The van der Waals surface area contributed by atoms with Gasteiger partial charge < -0.3 is 57.8 Å². The summed E-state index contributed by atoms with van der Waals surface area (Å²) < 4.78 is 0. The van der Waals surface area contributed by atoms with Crippen molar-refractivity contribution in [1.29, 1.82) is 0 Å². The van der Waals surface area contributed by atoms with Gasteiger partial charge in [-0.25, -0.2) is 0 Å². The van der Waals surface area contributed by atoms with E-state index in [1.165, 1.54) is 0 Å². The van der Waals surface area contributed by atoms with E-state index in [4.69, 9.17) is 42.3 Å². The third kappa shape index (κ3) is 58.3. The molecule has 0 radical (unpaired) electrons. The Hall–Kier alpha value is -3.76. The largest absolute Gasteiger partial charge is 2.00 e. The molecule has 1 heterocycles. The molecular weight excluding hydrogens is 946 g/mol. The molecule has 0 bridgehead atoms. The maximum atomic E-state index is 8.06. The topological polar surface area (TPSA) is 208 Å². The Bertz CT molecular complexity index is 1340. The van der Waals surface area contributed by atoms with Gasteiger partial charge in [0.2, 0.25) is 0 Å². The van der Waals surface area contributed by atoms with Gasteiger partial charge in [-0.2, -0.15) is 6.20 Å². The molecule has 0 fully saturated rings. The maximum Gasteiger partial charge on any atom is 2.00 e. The zero-order valence-electron chi connectivity index (χ0n) is 38.9. The van der Waals surface area contributed by atoms with E-state index in [9.17, 15) is 0 Å². The molecule has 0 atom stereocenters. The average Bonchev–Trinajstić information content (AvgIpc) is 3.17. The van der Waals surface area contributed by atoms with Crippen LogP contribution in [0, 0.1) is 0 Å². The summed E-state index contributed by atoms with van der Waals surface area (Å²) in [7, 11) is 0. The molecule has 0 aromatic heterocycles. The second kappa shape index (κ2) is 49.9. The number of benzene rings is 4. The van der Waals surface area contributed by atoms with E-state index in [2.05, 4.69) is 15.5 Å². The van der Waals surface area contributed by atoms with E-state index >= 15 is 0 Å². The fourth-order valence-corrected chi connectivity index (χ4v) is 3.35. The van der Waals surface area contributed by atoms with Crippen LogP contribution in [0.5, 0.6) is 0 Å². The van der Waals surface area contributed by atoms with E-state index in [-0.39, 0.29) is 78.8 Å². The average molecular weight is 1020 g/mol. The van der Waals surface area contributed by atoms with Crippen molar-refractivity contribution in [2.45, 2.75) is 120 Å². The van der Waals surface area contributed by atoms with Gasteiger partial charge in [0.1, 0.15) is 0 Å². The van der Waals surface area contributed by atoms with E-state index in [1.807, 2.05) is 140 Å². The molecule has 1 aliphatic rings. The van der Waals surface area contributed by atoms with Crippen molar-refractivity contribution < 1.29 is 72.8 Å². The third-order valence-electron chi connectivity index (χ3n) is 5.06. The maximum absolute atomic E-state index is 8.06. The number of allylic oxidation sites excluding steroid dienone is 2. The molecule has 0 amide bonds. The predicted octanol–water partition coefficient (Wildman–Crippen LogP) is 10.7. The quantitative estimate of drug-likeness (QED) is 0.0665. The van der Waals surface area contributed by atoms with Crippen molar-refractivity contribution in [2.75, 3.05) is 6.54 Å². The number of aliphatic hydroxyl groups is 6. The van der Waals surface area contributed by atoms with Crippen molar-refractivity contribution >= 4 is 11.4 Å². The van der Waals surface area contributed by atoms with Gasteiger partial charge in [-0.3, -0.25) is 0 Å². The van der Waals surface area contributed by atoms with Crippen molar-refractivity contribution in [1.82, 2.24) is 0 Å². The summed E-state index contributed by atoms with van der Waals surface area (Å²) in [6.07, 6.45) is 6.73. The zero-order chi connectivity index (χ0) is 46.7. The minimum Gasteiger partial charge on any atom is -0.687 e. The minimum absolute atomic E-state index is 0. The van der Waals surface area contributed by atoms with Crippen molar-refractivity contribution in [2.24, 2.45) is 10.2 Å². The summed E-state index contributed by atoms with van der Waals surface area (Å²) in [5, 5.41) is 59.4. The Kier molecular flexibility index (Phi) is 56.3. The Labute approximate surface area is 403 Å². The first-order valence-electron chi connectivity index (χ1n) is 20.0. The Balaban J connectivity index is -0.000000154. The summed E-state index contributed by atoms with van der Waals surface area (Å²) in [4.78, 5) is 0. The molecule has 5 rings (SSSR count). The van der Waals surface area contributed by atoms with Crippen LogP contribution in [0.1, 0.15) is 105 Å². The zero-order valence-corrected chi connectivity index (χ0v) is 42.9. The first-order chi connectivity index (χ1) is 28.2. The summed E-state index contributed by atoms with van der Waals surface area (Å²) >= 11 is 0. The van der Waals surface area contributed by atoms with Gasteiger partial charge in [-0.15, -0.1) is 12.6 Å². The number of nitrogens with zero attached hydrogens (tertiary/aromatic N) is 3. The van der Waals surface area contributed by atoms with E-state index < -0.39 is 0 Å². The van der Waals surface area contributed by atoms with Gasteiger partial charge in [-0.05, 0) is 105 Å². The first-order valence-corrected chi connectivity index (χ1v) is 20.0. The van der Waals surface area contributed by atoms with Gasteiger partial charge in [-0.1, -0.05) is 133 Å². The van der Waals surface area contributed by atoms with E-state index in [0.29, 0.717) is 11.4 Å². The fraction of sp³-hybridized carbons (Fsp3) is 0.388. The number of hydrogen-bond acceptors (Lipinski definition) is 8. The molecule has 62 heavy (non-hydrogen) atoms. The normalized spacial score (nSPS) is 9.81. The summed E-state index contributed by atoms with van der Waals surface area (Å²) in [5.41, 5.74) is 5.29. The van der Waals surface area contributed by atoms with E-state index in [0.717, 1.165) is 28.8 Å². The third-order valence-corrected chi connectivity index (χ3v) is 5.06. The van der Waals surface area contributed by atoms with Crippen LogP contribution in [0.3, 0.4) is 0 Å². The molecule has 0 unspecified atom stereocenters. The van der Waals surface area contributed by atoms with Gasteiger partial charge in [0.25, 0.3) is 0 Å². The molecule has 0 spiro atoms. The summed E-state index contributed by atoms with van der Waals surface area (Å²) in [5.74, 6) is 14.4. The van der Waals surface area contributed by atoms with Crippen LogP contribution in [-0.4, -0.2) is 85.2 Å². The molecule has 0 saturated heterocycles. The predicted molar refractivity (Wildman–Crippen MR) is 256 cm³/mol. The van der Waals surface area contributed by atoms with Crippen LogP contribution in [0.4, 0.5) is 0 Å². The van der Waals surface area contributed by atoms with E-state index in [1.54, 1.807) is 89.3 Å². The SMILES string of the molecule is C1=CC[N-]C=C1.CC(C)O.CC(C)O.CC(C)O.CC(C)O.CC(C)O.CC(C)O.[Mo+2].[Mo].[NH-]N=C(c1ccccc1)c1ccccc1.[NH-]N=C(c1ccccc1)c1ccccc1. The van der Waals surface area contributed by atoms with Crippen molar-refractivity contribution in [3.05, 3.63) is 185 Å². The molecule has 0 saturated carbocycles. The Morgan fingerprint density at radius 2 is 0.613 bits per heavy atom. The molecule has 4 aromatic carbocycles. The second-order valence-corrected chi connectivity index (χ2v) is 14.1. The van der Waals surface area contributed by atoms with Crippen molar-refractivity contribution in [3.63, 3.8) is 0 Å². The Morgan fingerprint density at radius 1 is 0.419 bits per heavy atom. The summed E-state index contributed by atoms with van der Waals surface area (Å²) in [6.45, 7) is 21.5. The molecule has 346 valence electrons. The van der Waals surface area contributed by atoms with Gasteiger partial charge in [0.05, 0.1) is 11.4 Å². The van der Waals surface area contributed by atoms with Crippen LogP contribution >= 0.6 is 0 Å². The van der Waals surface area contributed by atoms with Crippen molar-refractivity contribution in [3.8, 4) is 0 Å². The van der Waals surface area contributed by atoms with Crippen LogP contribution in [-0.2, 0) is 42.1 Å². The number of rotatable bonds is 4. The minimum atomic E-state index is -0.167.